The molecule has 1 spiro atoms. The molecule has 3 rings (SSSR count). The molecule has 3 nitrogen and oxygen atoms in total. The molecule has 0 bridgehead atoms. The average molecular weight is 278 g/mol. The van der Waals surface area contributed by atoms with Crippen molar-refractivity contribution in [3.05, 3.63) is 29.8 Å². The third-order valence-corrected chi connectivity index (χ3v) is 4.67. The number of nitrogens with zero attached hydrogens (tertiary/aromatic N) is 1. The van der Waals surface area contributed by atoms with Crippen molar-refractivity contribution >= 4 is 0 Å². The number of halogens is 1. The first kappa shape index (κ1) is 14.0. The molecule has 4 atom stereocenters. The molecule has 0 aromatic carbocycles. The number of hydrogen-bond acceptors (Lipinski definition) is 3. The van der Waals surface area contributed by atoms with Gasteiger partial charge in [-0.2, -0.15) is 0 Å². The van der Waals surface area contributed by atoms with E-state index < -0.39 is 0 Å². The lowest BCUT2D eigenvalue weighted by molar-refractivity contribution is -0.159. The molecule has 1 N–H and O–H groups in total. The summed E-state index contributed by atoms with van der Waals surface area (Å²) in [7, 11) is 0. The van der Waals surface area contributed by atoms with E-state index in [2.05, 4.69) is 24.1 Å². The third-order valence-electron chi connectivity index (χ3n) is 4.67. The van der Waals surface area contributed by atoms with Gasteiger partial charge >= 0.3 is 0 Å². The highest BCUT2D eigenvalue weighted by Crippen LogP contribution is 2.41. The van der Waals surface area contributed by atoms with Crippen LogP contribution in [0, 0.1) is 11.7 Å². The maximum Gasteiger partial charge on any atom is 0.141 e. The first-order valence-corrected chi connectivity index (χ1v) is 7.61. The van der Waals surface area contributed by atoms with Gasteiger partial charge in [-0.1, -0.05) is 19.8 Å². The Bertz CT molecular complexity index is 464. The molecule has 4 heteroatoms. The topological polar surface area (TPSA) is 34.2 Å². The second-order valence-electron chi connectivity index (χ2n) is 6.49. The normalized spacial score (nSPS) is 38.0. The van der Waals surface area contributed by atoms with Gasteiger partial charge in [-0.05, 0) is 37.8 Å². The van der Waals surface area contributed by atoms with Crippen LogP contribution in [-0.2, 0) is 4.74 Å². The van der Waals surface area contributed by atoms with Crippen LogP contribution >= 0.6 is 0 Å². The highest BCUT2D eigenvalue weighted by Gasteiger charge is 2.43. The summed E-state index contributed by atoms with van der Waals surface area (Å²) in [4.78, 5) is 4.21. The first-order valence-electron chi connectivity index (χ1n) is 7.61. The molecular weight excluding hydrogens is 255 g/mol. The molecule has 4 unspecified atom stereocenters. The minimum absolute atomic E-state index is 0.0646. The molecule has 1 saturated carbocycles. The van der Waals surface area contributed by atoms with Crippen molar-refractivity contribution in [2.75, 3.05) is 6.54 Å². The van der Waals surface area contributed by atoms with Crippen LogP contribution in [0.15, 0.2) is 18.3 Å². The Kier molecular flexibility index (Phi) is 3.78. The van der Waals surface area contributed by atoms with E-state index in [-0.39, 0.29) is 23.6 Å². The fourth-order valence-electron chi connectivity index (χ4n) is 3.62. The summed E-state index contributed by atoms with van der Waals surface area (Å²) in [6.07, 6.45) is 5.91. The van der Waals surface area contributed by atoms with Crippen molar-refractivity contribution in [1.82, 2.24) is 10.3 Å². The zero-order valence-electron chi connectivity index (χ0n) is 12.2. The van der Waals surface area contributed by atoms with Gasteiger partial charge in [-0.25, -0.2) is 4.39 Å². The Morgan fingerprint density at radius 1 is 1.40 bits per heavy atom. The Labute approximate surface area is 119 Å². The SMILES string of the molecule is CC1CCCC2(CNC(C)C(c3ccc(F)cn3)O2)C1. The lowest BCUT2D eigenvalue weighted by atomic mass is 9.77. The predicted octanol–water partition coefficient (Wildman–Crippen LogP) is 3.22. The number of rotatable bonds is 1. The molecular formula is C16H23FN2O. The number of ether oxygens (including phenoxy) is 1. The van der Waals surface area contributed by atoms with Crippen molar-refractivity contribution in [2.45, 2.75) is 57.3 Å². The number of aromatic nitrogens is 1. The summed E-state index contributed by atoms with van der Waals surface area (Å²) in [6.45, 7) is 5.32. The minimum atomic E-state index is -0.300. The van der Waals surface area contributed by atoms with Gasteiger partial charge in [-0.15, -0.1) is 0 Å². The van der Waals surface area contributed by atoms with Gasteiger partial charge in [0, 0.05) is 12.6 Å². The Hall–Kier alpha value is -1.00. The van der Waals surface area contributed by atoms with Gasteiger partial charge in [0.15, 0.2) is 0 Å². The van der Waals surface area contributed by atoms with E-state index in [0.717, 1.165) is 25.1 Å². The third kappa shape index (κ3) is 2.72. The molecule has 2 aliphatic rings. The van der Waals surface area contributed by atoms with Gasteiger partial charge in [0.05, 0.1) is 17.5 Å². The molecule has 110 valence electrons. The van der Waals surface area contributed by atoms with Gasteiger partial charge in [0.2, 0.25) is 0 Å². The van der Waals surface area contributed by atoms with Crippen LogP contribution in [0.5, 0.6) is 0 Å². The van der Waals surface area contributed by atoms with Crippen LogP contribution in [0.3, 0.4) is 0 Å². The Balaban J connectivity index is 1.81. The summed E-state index contributed by atoms with van der Waals surface area (Å²) in [6, 6.07) is 3.41. The molecule has 1 aliphatic carbocycles. The zero-order valence-corrected chi connectivity index (χ0v) is 12.2. The van der Waals surface area contributed by atoms with Gasteiger partial charge in [0.1, 0.15) is 11.9 Å². The molecule has 20 heavy (non-hydrogen) atoms. The molecule has 1 aliphatic heterocycles. The molecule has 1 aromatic heterocycles. The molecule has 1 saturated heterocycles. The smallest absolute Gasteiger partial charge is 0.141 e. The van der Waals surface area contributed by atoms with Gasteiger partial charge in [0.25, 0.3) is 0 Å². The fourth-order valence-corrected chi connectivity index (χ4v) is 3.62. The van der Waals surface area contributed by atoms with Crippen LogP contribution in [0.1, 0.15) is 51.3 Å². The van der Waals surface area contributed by atoms with Crippen LogP contribution in [0.2, 0.25) is 0 Å². The predicted molar refractivity (Wildman–Crippen MR) is 75.8 cm³/mol. The maximum absolute atomic E-state index is 13.0. The number of hydrogen-bond donors (Lipinski definition) is 1. The van der Waals surface area contributed by atoms with E-state index in [1.165, 1.54) is 25.1 Å². The van der Waals surface area contributed by atoms with Crippen molar-refractivity contribution < 1.29 is 9.13 Å². The van der Waals surface area contributed by atoms with E-state index in [9.17, 15) is 4.39 Å². The summed E-state index contributed by atoms with van der Waals surface area (Å²) in [5.41, 5.74) is 0.758. The van der Waals surface area contributed by atoms with Crippen LogP contribution in [-0.4, -0.2) is 23.2 Å². The highest BCUT2D eigenvalue weighted by molar-refractivity contribution is 5.12. The molecule has 0 radical (unpaired) electrons. The summed E-state index contributed by atoms with van der Waals surface area (Å²) >= 11 is 0. The summed E-state index contributed by atoms with van der Waals surface area (Å²) < 4.78 is 19.5. The van der Waals surface area contributed by atoms with Crippen molar-refractivity contribution in [2.24, 2.45) is 5.92 Å². The van der Waals surface area contributed by atoms with Crippen LogP contribution < -0.4 is 5.32 Å². The lowest BCUT2D eigenvalue weighted by Gasteiger charge is -2.48. The van der Waals surface area contributed by atoms with E-state index in [1.807, 2.05) is 0 Å². The van der Waals surface area contributed by atoms with Crippen molar-refractivity contribution in [1.29, 1.82) is 0 Å². The highest BCUT2D eigenvalue weighted by atomic mass is 19.1. The number of nitrogens with one attached hydrogen (secondary N) is 1. The quantitative estimate of drug-likeness (QED) is 0.856. The Morgan fingerprint density at radius 3 is 2.95 bits per heavy atom. The average Bonchev–Trinajstić information content (AvgIpc) is 2.43. The van der Waals surface area contributed by atoms with E-state index in [1.54, 1.807) is 6.07 Å². The van der Waals surface area contributed by atoms with E-state index in [0.29, 0.717) is 5.92 Å². The zero-order chi connectivity index (χ0) is 14.2. The van der Waals surface area contributed by atoms with E-state index in [4.69, 9.17) is 4.74 Å². The molecule has 0 amide bonds. The second-order valence-corrected chi connectivity index (χ2v) is 6.49. The number of morpholine rings is 1. The maximum atomic E-state index is 13.0. The van der Waals surface area contributed by atoms with Crippen LogP contribution in [0.4, 0.5) is 4.39 Å². The van der Waals surface area contributed by atoms with Crippen molar-refractivity contribution in [3.8, 4) is 0 Å². The lowest BCUT2D eigenvalue weighted by Crippen LogP contribution is -2.56. The largest absolute Gasteiger partial charge is 0.363 e. The second kappa shape index (κ2) is 5.41. The standard InChI is InChI=1S/C16H23FN2O/c1-11-4-3-7-16(8-11)10-19-12(2)15(20-16)14-6-5-13(17)9-18-14/h5-6,9,11-12,15,19H,3-4,7-8,10H2,1-2H3. The summed E-state index contributed by atoms with van der Waals surface area (Å²) in [5.74, 6) is 0.409. The molecule has 2 heterocycles. The van der Waals surface area contributed by atoms with Crippen molar-refractivity contribution in [3.63, 3.8) is 0 Å². The Morgan fingerprint density at radius 2 is 2.25 bits per heavy atom. The first-order chi connectivity index (χ1) is 9.58. The minimum Gasteiger partial charge on any atom is -0.363 e. The van der Waals surface area contributed by atoms with Crippen LogP contribution in [0.25, 0.3) is 0 Å². The van der Waals surface area contributed by atoms with Gasteiger partial charge < -0.3 is 10.1 Å². The number of pyridine rings is 1. The van der Waals surface area contributed by atoms with E-state index >= 15 is 0 Å². The fraction of sp³-hybridized carbons (Fsp3) is 0.688. The summed E-state index contributed by atoms with van der Waals surface area (Å²) in [5, 5.41) is 3.57. The van der Waals surface area contributed by atoms with Gasteiger partial charge in [-0.3, -0.25) is 4.98 Å². The monoisotopic (exact) mass is 278 g/mol. The molecule has 1 aromatic rings. The molecule has 2 fully saturated rings.